The fourth-order valence-corrected chi connectivity index (χ4v) is 4.09. The Morgan fingerprint density at radius 1 is 1.39 bits per heavy atom. The second-order valence-electron chi connectivity index (χ2n) is 7.53. The lowest BCUT2D eigenvalue weighted by atomic mass is 9.90. The quantitative estimate of drug-likeness (QED) is 0.723. The third-order valence-corrected chi connectivity index (χ3v) is 5.99. The van der Waals surface area contributed by atoms with E-state index in [1.54, 1.807) is 7.11 Å². The molecular formula is C17H31N3O3. The van der Waals surface area contributed by atoms with E-state index in [1.165, 1.54) is 12.8 Å². The molecule has 2 saturated heterocycles. The first-order valence-corrected chi connectivity index (χ1v) is 8.99. The van der Waals surface area contributed by atoms with Gasteiger partial charge in [0.05, 0.1) is 24.8 Å². The molecule has 2 aliphatic heterocycles. The van der Waals surface area contributed by atoms with Crippen LogP contribution in [-0.4, -0.2) is 85.4 Å². The van der Waals surface area contributed by atoms with Crippen LogP contribution in [0.5, 0.6) is 0 Å². The Morgan fingerprint density at radius 3 is 2.83 bits per heavy atom. The van der Waals surface area contributed by atoms with E-state index in [0.29, 0.717) is 6.61 Å². The summed E-state index contributed by atoms with van der Waals surface area (Å²) in [4.78, 5) is 16.7. The molecule has 6 heteroatoms. The first-order chi connectivity index (χ1) is 11.1. The first kappa shape index (κ1) is 17.1. The van der Waals surface area contributed by atoms with Gasteiger partial charge >= 0.3 is 0 Å². The summed E-state index contributed by atoms with van der Waals surface area (Å²) >= 11 is 0. The number of amides is 1. The predicted octanol–water partition coefficient (Wildman–Crippen LogP) is 0.0586. The SMILES string of the molecule is COC[C@H](CCN1CCC2(CC2)[C@H](O)C1)N1CCN[C@@H](C)C1=O. The molecule has 0 aromatic carbocycles. The number of aliphatic hydroxyl groups is 1. The molecular weight excluding hydrogens is 294 g/mol. The zero-order valence-corrected chi connectivity index (χ0v) is 14.5. The Bertz CT molecular complexity index is 427. The number of hydrogen-bond donors (Lipinski definition) is 2. The lowest BCUT2D eigenvalue weighted by Gasteiger charge is -2.40. The van der Waals surface area contributed by atoms with Crippen LogP contribution < -0.4 is 5.32 Å². The van der Waals surface area contributed by atoms with Crippen LogP contribution in [0.4, 0.5) is 0 Å². The van der Waals surface area contributed by atoms with Gasteiger partial charge in [-0.2, -0.15) is 0 Å². The molecule has 2 heterocycles. The maximum atomic E-state index is 12.4. The van der Waals surface area contributed by atoms with Crippen molar-refractivity contribution in [2.24, 2.45) is 5.41 Å². The maximum absolute atomic E-state index is 12.4. The van der Waals surface area contributed by atoms with E-state index in [1.807, 2.05) is 11.8 Å². The highest BCUT2D eigenvalue weighted by Gasteiger charge is 2.51. The molecule has 1 amide bonds. The zero-order chi connectivity index (χ0) is 16.4. The van der Waals surface area contributed by atoms with Crippen molar-refractivity contribution in [3.63, 3.8) is 0 Å². The number of piperidine rings is 1. The first-order valence-electron chi connectivity index (χ1n) is 8.99. The summed E-state index contributed by atoms with van der Waals surface area (Å²) in [6, 6.07) is 0.0284. The number of methoxy groups -OCH3 is 1. The van der Waals surface area contributed by atoms with E-state index in [4.69, 9.17) is 4.74 Å². The minimum Gasteiger partial charge on any atom is -0.391 e. The highest BCUT2D eigenvalue weighted by Crippen LogP contribution is 2.53. The highest BCUT2D eigenvalue weighted by molar-refractivity contribution is 5.82. The van der Waals surface area contributed by atoms with Crippen molar-refractivity contribution in [1.29, 1.82) is 0 Å². The lowest BCUT2D eigenvalue weighted by Crippen LogP contribution is -2.58. The van der Waals surface area contributed by atoms with Gasteiger partial charge in [0, 0.05) is 33.3 Å². The number of likely N-dealkylation sites (tertiary alicyclic amines) is 1. The van der Waals surface area contributed by atoms with Gasteiger partial charge in [0.2, 0.25) is 5.91 Å². The largest absolute Gasteiger partial charge is 0.391 e. The summed E-state index contributed by atoms with van der Waals surface area (Å²) in [7, 11) is 1.70. The molecule has 1 aliphatic carbocycles. The molecule has 6 nitrogen and oxygen atoms in total. The number of ether oxygens (including phenoxy) is 1. The van der Waals surface area contributed by atoms with Gasteiger partial charge in [0.25, 0.3) is 0 Å². The fraction of sp³-hybridized carbons (Fsp3) is 0.941. The van der Waals surface area contributed by atoms with Crippen molar-refractivity contribution in [3.05, 3.63) is 0 Å². The maximum Gasteiger partial charge on any atom is 0.239 e. The summed E-state index contributed by atoms with van der Waals surface area (Å²) in [5.74, 6) is 0.175. The van der Waals surface area contributed by atoms with Gasteiger partial charge in [-0.1, -0.05) is 0 Å². The number of hydrogen-bond acceptors (Lipinski definition) is 5. The fourth-order valence-electron chi connectivity index (χ4n) is 4.09. The predicted molar refractivity (Wildman–Crippen MR) is 88.2 cm³/mol. The second-order valence-corrected chi connectivity index (χ2v) is 7.53. The summed E-state index contributed by atoms with van der Waals surface area (Å²) in [6.45, 7) is 6.88. The second kappa shape index (κ2) is 7.05. The van der Waals surface area contributed by atoms with E-state index in [0.717, 1.165) is 45.6 Å². The molecule has 23 heavy (non-hydrogen) atoms. The van der Waals surface area contributed by atoms with Crippen LogP contribution in [-0.2, 0) is 9.53 Å². The molecule has 3 aliphatic rings. The molecule has 3 atom stereocenters. The molecule has 0 aromatic heterocycles. The Hall–Kier alpha value is -0.690. The van der Waals surface area contributed by atoms with Gasteiger partial charge in [-0.05, 0) is 44.6 Å². The van der Waals surface area contributed by atoms with Crippen molar-refractivity contribution in [1.82, 2.24) is 15.1 Å². The standard InChI is InChI=1S/C17H31N3O3/c1-13-16(22)20(10-7-18-13)14(12-23-2)3-8-19-9-6-17(4-5-17)15(21)11-19/h13-15,18,21H,3-12H2,1-2H3/t13-,14-,15+/m0/s1. The third kappa shape index (κ3) is 3.71. The van der Waals surface area contributed by atoms with E-state index < -0.39 is 0 Å². The minimum atomic E-state index is -0.169. The van der Waals surface area contributed by atoms with E-state index >= 15 is 0 Å². The van der Waals surface area contributed by atoms with E-state index in [-0.39, 0.29) is 29.5 Å². The van der Waals surface area contributed by atoms with Crippen LogP contribution >= 0.6 is 0 Å². The molecule has 0 aromatic rings. The number of rotatable bonds is 6. The number of aliphatic hydroxyl groups excluding tert-OH is 1. The molecule has 0 unspecified atom stereocenters. The summed E-state index contributed by atoms with van der Waals surface area (Å²) in [6.07, 6.45) is 4.25. The van der Waals surface area contributed by atoms with Crippen LogP contribution in [0.1, 0.15) is 32.6 Å². The molecule has 132 valence electrons. The number of β-amino-alcohol motifs (C(OH)–C–C–N with tert-alkyl or cyclic N) is 1. The van der Waals surface area contributed by atoms with Crippen LogP contribution in [0.2, 0.25) is 0 Å². The van der Waals surface area contributed by atoms with E-state index in [2.05, 4.69) is 10.2 Å². The van der Waals surface area contributed by atoms with Gasteiger partial charge in [0.15, 0.2) is 0 Å². The number of nitrogens with one attached hydrogen (secondary N) is 1. The molecule has 3 rings (SSSR count). The minimum absolute atomic E-state index is 0.102. The molecule has 0 bridgehead atoms. The highest BCUT2D eigenvalue weighted by atomic mass is 16.5. The van der Waals surface area contributed by atoms with Gasteiger partial charge in [-0.25, -0.2) is 0 Å². The Morgan fingerprint density at radius 2 is 2.17 bits per heavy atom. The average molecular weight is 325 g/mol. The van der Waals surface area contributed by atoms with Crippen molar-refractivity contribution in [2.75, 3.05) is 46.4 Å². The van der Waals surface area contributed by atoms with E-state index in [9.17, 15) is 9.90 Å². The van der Waals surface area contributed by atoms with Crippen molar-refractivity contribution >= 4 is 5.91 Å². The number of carbonyl (C=O) groups is 1. The Balaban J connectivity index is 1.52. The molecule has 1 saturated carbocycles. The normalized spacial score (nSPS) is 32.3. The molecule has 3 fully saturated rings. The van der Waals surface area contributed by atoms with Gasteiger partial charge in [-0.15, -0.1) is 0 Å². The van der Waals surface area contributed by atoms with Crippen LogP contribution in [0, 0.1) is 5.41 Å². The summed E-state index contributed by atoms with van der Waals surface area (Å²) in [5.41, 5.74) is 0.256. The van der Waals surface area contributed by atoms with Crippen LogP contribution in [0.15, 0.2) is 0 Å². The van der Waals surface area contributed by atoms with Gasteiger partial charge < -0.3 is 25.0 Å². The summed E-state index contributed by atoms with van der Waals surface area (Å²) in [5, 5.41) is 13.5. The molecule has 1 spiro atoms. The van der Waals surface area contributed by atoms with Crippen molar-refractivity contribution in [3.8, 4) is 0 Å². The monoisotopic (exact) mass is 325 g/mol. The zero-order valence-electron chi connectivity index (χ0n) is 14.5. The number of nitrogens with zero attached hydrogens (tertiary/aromatic N) is 2. The van der Waals surface area contributed by atoms with Crippen molar-refractivity contribution < 1.29 is 14.6 Å². The smallest absolute Gasteiger partial charge is 0.239 e. The van der Waals surface area contributed by atoms with Crippen molar-refractivity contribution in [2.45, 2.75) is 50.8 Å². The topological polar surface area (TPSA) is 65.0 Å². The number of piperazine rings is 1. The number of carbonyl (C=O) groups excluding carboxylic acids is 1. The lowest BCUT2D eigenvalue weighted by molar-refractivity contribution is -0.139. The summed E-state index contributed by atoms with van der Waals surface area (Å²) < 4.78 is 5.36. The van der Waals surface area contributed by atoms with Gasteiger partial charge in [-0.3, -0.25) is 4.79 Å². The van der Waals surface area contributed by atoms with Crippen LogP contribution in [0.25, 0.3) is 0 Å². The van der Waals surface area contributed by atoms with Crippen LogP contribution in [0.3, 0.4) is 0 Å². The molecule has 0 radical (unpaired) electrons. The Labute approximate surface area is 139 Å². The average Bonchev–Trinajstić information content (AvgIpc) is 3.31. The van der Waals surface area contributed by atoms with Gasteiger partial charge in [0.1, 0.15) is 0 Å². The Kier molecular flexibility index (Phi) is 5.26. The third-order valence-electron chi connectivity index (χ3n) is 5.99. The molecule has 2 N–H and O–H groups in total.